The highest BCUT2D eigenvalue weighted by atomic mass is 15.1. The van der Waals surface area contributed by atoms with E-state index in [1.807, 2.05) is 0 Å². The topological polar surface area (TPSA) is 8.17 Å². The van der Waals surface area contributed by atoms with E-state index < -0.39 is 0 Å². The van der Waals surface area contributed by atoms with E-state index in [0.29, 0.717) is 0 Å². The third-order valence-electron chi connectivity index (χ3n) is 14.4. The molecule has 0 unspecified atom stereocenters. The molecule has 0 radical (unpaired) electrons. The number of nitrogens with zero attached hydrogens (tertiary/aromatic N) is 2. The Morgan fingerprint density at radius 3 is 1.85 bits per heavy atom. The summed E-state index contributed by atoms with van der Waals surface area (Å²) in [5, 5.41) is 7.51. The quantitative estimate of drug-likeness (QED) is 0.145. The summed E-state index contributed by atoms with van der Waals surface area (Å²) in [6.45, 7) is 4.71. The highest BCUT2D eigenvalue weighted by molar-refractivity contribution is 6.13. The van der Waals surface area contributed by atoms with Crippen molar-refractivity contribution in [3.63, 3.8) is 0 Å². The molecule has 12 aromatic rings. The summed E-state index contributed by atoms with van der Waals surface area (Å²) in [5.41, 5.74) is 19.4. The number of rotatable bonds is 7. The van der Waals surface area contributed by atoms with Crippen LogP contribution in [-0.2, 0) is 5.41 Å². The first-order valence-electron chi connectivity index (χ1n) is 23.3. The van der Waals surface area contributed by atoms with E-state index in [4.69, 9.17) is 0 Å². The molecule has 2 heteroatoms. The summed E-state index contributed by atoms with van der Waals surface area (Å²) >= 11 is 0. The molecule has 0 saturated heterocycles. The molecule has 11 aromatic carbocycles. The third kappa shape index (κ3) is 6.18. The maximum atomic E-state index is 2.45. The Morgan fingerprint density at radius 1 is 0.343 bits per heavy atom. The molecule has 0 saturated carbocycles. The lowest BCUT2D eigenvalue weighted by atomic mass is 9.82. The average molecular weight is 855 g/mol. The van der Waals surface area contributed by atoms with Crippen LogP contribution in [0.5, 0.6) is 0 Å². The second-order valence-electron chi connectivity index (χ2n) is 18.5. The highest BCUT2D eigenvalue weighted by Gasteiger charge is 2.36. The lowest BCUT2D eigenvalue weighted by molar-refractivity contribution is 0.660. The fraction of sp³-hybridized carbons (Fsp3) is 0.0462. The molecule has 13 rings (SSSR count). The molecule has 1 aromatic heterocycles. The van der Waals surface area contributed by atoms with Crippen LogP contribution < -0.4 is 4.90 Å². The van der Waals surface area contributed by atoms with Gasteiger partial charge >= 0.3 is 0 Å². The van der Waals surface area contributed by atoms with Crippen LogP contribution >= 0.6 is 0 Å². The van der Waals surface area contributed by atoms with Gasteiger partial charge in [-0.05, 0) is 132 Å². The van der Waals surface area contributed by atoms with Gasteiger partial charge in [0.1, 0.15) is 0 Å². The van der Waals surface area contributed by atoms with Gasteiger partial charge in [0.15, 0.2) is 0 Å². The van der Waals surface area contributed by atoms with Crippen LogP contribution in [-0.4, -0.2) is 4.57 Å². The van der Waals surface area contributed by atoms with E-state index in [1.165, 1.54) is 93.4 Å². The molecule has 1 aliphatic rings. The number of fused-ring (bicyclic) bond motifs is 9. The predicted molar refractivity (Wildman–Crippen MR) is 284 cm³/mol. The Bertz CT molecular complexity index is 3890. The van der Waals surface area contributed by atoms with Crippen molar-refractivity contribution in [1.82, 2.24) is 4.57 Å². The van der Waals surface area contributed by atoms with E-state index in [2.05, 4.69) is 266 Å². The van der Waals surface area contributed by atoms with Crippen LogP contribution in [0.15, 0.2) is 243 Å². The zero-order chi connectivity index (χ0) is 44.6. The van der Waals surface area contributed by atoms with Crippen molar-refractivity contribution in [2.45, 2.75) is 19.3 Å². The van der Waals surface area contributed by atoms with Crippen LogP contribution in [0.3, 0.4) is 0 Å². The van der Waals surface area contributed by atoms with Crippen LogP contribution in [0.25, 0.3) is 93.5 Å². The lowest BCUT2D eigenvalue weighted by Gasteiger charge is -2.29. The zero-order valence-electron chi connectivity index (χ0n) is 37.5. The van der Waals surface area contributed by atoms with Crippen LogP contribution in [0.2, 0.25) is 0 Å². The van der Waals surface area contributed by atoms with Crippen molar-refractivity contribution < 1.29 is 0 Å². The van der Waals surface area contributed by atoms with E-state index in [9.17, 15) is 0 Å². The van der Waals surface area contributed by atoms with Gasteiger partial charge in [-0.1, -0.05) is 196 Å². The molecule has 2 nitrogen and oxygen atoms in total. The van der Waals surface area contributed by atoms with Gasteiger partial charge in [0.2, 0.25) is 0 Å². The molecule has 1 aliphatic carbocycles. The van der Waals surface area contributed by atoms with Crippen molar-refractivity contribution in [2.75, 3.05) is 4.90 Å². The summed E-state index contributed by atoms with van der Waals surface area (Å²) in [7, 11) is 0. The smallest absolute Gasteiger partial charge is 0.0541 e. The first kappa shape index (κ1) is 39.0. The van der Waals surface area contributed by atoms with Crippen molar-refractivity contribution in [2.24, 2.45) is 0 Å². The van der Waals surface area contributed by atoms with Crippen LogP contribution in [0.4, 0.5) is 17.1 Å². The molecule has 0 N–H and O–H groups in total. The fourth-order valence-corrected chi connectivity index (χ4v) is 11.2. The first-order chi connectivity index (χ1) is 33.0. The van der Waals surface area contributed by atoms with E-state index in [1.54, 1.807) is 0 Å². The number of aromatic nitrogens is 1. The molecule has 0 bridgehead atoms. The molecule has 67 heavy (non-hydrogen) atoms. The van der Waals surface area contributed by atoms with Crippen molar-refractivity contribution in [1.29, 1.82) is 0 Å². The second kappa shape index (κ2) is 15.3. The predicted octanol–water partition coefficient (Wildman–Crippen LogP) is 17.9. The molecule has 0 fully saturated rings. The minimum Gasteiger partial charge on any atom is -0.310 e. The number of hydrogen-bond acceptors (Lipinski definition) is 1. The molecule has 0 spiro atoms. The van der Waals surface area contributed by atoms with E-state index in [-0.39, 0.29) is 5.41 Å². The molecule has 0 aliphatic heterocycles. The summed E-state index contributed by atoms with van der Waals surface area (Å²) in [5.74, 6) is 0. The molecule has 0 atom stereocenters. The molecular weight excluding hydrogens is 809 g/mol. The minimum absolute atomic E-state index is 0.0654. The zero-order valence-corrected chi connectivity index (χ0v) is 37.5. The SMILES string of the molecule is CC1(C)c2ccccc2-c2c(-c3ccc(N(c4cccc(-c5cccc6c5ccc5ccccc56)c4)c4ccccc4-c4ccc5c(c4)c4ccccc4n5-c4ccccc4)cc3)cccc21. The second-order valence-corrected chi connectivity index (χ2v) is 18.5. The largest absolute Gasteiger partial charge is 0.310 e. The number of anilines is 3. The van der Waals surface area contributed by atoms with Gasteiger partial charge in [0.05, 0.1) is 16.7 Å². The standard InChI is InChI=1S/C65H46N2/c1-65(2)59-29-11-8-25-57(59)64-53(27-16-30-60(64)65)44-33-37-48(38-34-44)66(49-21-14-18-45(41-49)51-26-15-28-54-50-22-7-6-17-43(50)35-39-55(51)54)61-31-12-9-23-52(61)46-36-40-63-58(42-46)56-24-10-13-32-62(56)67(63)47-19-4-3-5-20-47/h3-42H,1-2H3. The van der Waals surface area contributed by atoms with Crippen LogP contribution in [0, 0.1) is 0 Å². The number of hydrogen-bond donors (Lipinski definition) is 0. The van der Waals surface area contributed by atoms with Gasteiger partial charge in [-0.2, -0.15) is 0 Å². The van der Waals surface area contributed by atoms with Gasteiger partial charge in [-0.15, -0.1) is 0 Å². The van der Waals surface area contributed by atoms with Crippen molar-refractivity contribution in [3.05, 3.63) is 254 Å². The summed E-state index contributed by atoms with van der Waals surface area (Å²) in [6.07, 6.45) is 0. The number of para-hydroxylation sites is 3. The molecule has 1 heterocycles. The molecule has 316 valence electrons. The van der Waals surface area contributed by atoms with Gasteiger partial charge in [0.25, 0.3) is 0 Å². The van der Waals surface area contributed by atoms with E-state index >= 15 is 0 Å². The van der Waals surface area contributed by atoms with Gasteiger partial charge in [-0.3, -0.25) is 0 Å². The normalized spacial score (nSPS) is 12.7. The summed E-state index contributed by atoms with van der Waals surface area (Å²) in [6, 6.07) is 89.5. The third-order valence-corrected chi connectivity index (χ3v) is 14.4. The molecule has 0 amide bonds. The Balaban J connectivity index is 0.991. The molecular formula is C65H46N2. The Morgan fingerprint density at radius 2 is 0.970 bits per heavy atom. The Kier molecular flexibility index (Phi) is 8.91. The van der Waals surface area contributed by atoms with Crippen molar-refractivity contribution >= 4 is 60.4 Å². The monoisotopic (exact) mass is 854 g/mol. The fourth-order valence-electron chi connectivity index (χ4n) is 11.2. The van der Waals surface area contributed by atoms with Crippen LogP contribution in [0.1, 0.15) is 25.0 Å². The minimum atomic E-state index is -0.0654. The summed E-state index contributed by atoms with van der Waals surface area (Å²) < 4.78 is 2.39. The Labute approximate surface area is 391 Å². The van der Waals surface area contributed by atoms with Crippen molar-refractivity contribution in [3.8, 4) is 50.2 Å². The van der Waals surface area contributed by atoms with Gasteiger partial charge in [-0.25, -0.2) is 0 Å². The van der Waals surface area contributed by atoms with Gasteiger partial charge < -0.3 is 9.47 Å². The maximum absolute atomic E-state index is 2.45. The maximum Gasteiger partial charge on any atom is 0.0541 e. The first-order valence-corrected chi connectivity index (χ1v) is 23.3. The highest BCUT2D eigenvalue weighted by Crippen LogP contribution is 2.52. The lowest BCUT2D eigenvalue weighted by Crippen LogP contribution is -2.14. The number of benzene rings is 11. The Hall–Kier alpha value is -8.46. The average Bonchev–Trinajstić information content (AvgIpc) is 3.84. The summed E-state index contributed by atoms with van der Waals surface area (Å²) in [4.78, 5) is 2.45. The van der Waals surface area contributed by atoms with Gasteiger partial charge in [0, 0.05) is 38.8 Å². The van der Waals surface area contributed by atoms with E-state index in [0.717, 1.165) is 28.3 Å².